The topological polar surface area (TPSA) is 81.9 Å². The van der Waals surface area contributed by atoms with Crippen molar-refractivity contribution in [1.29, 1.82) is 0 Å². The molecule has 0 aliphatic carbocycles. The number of hydrogen-bond donors (Lipinski definition) is 1. The average molecular weight is 435 g/mol. The number of pyridine rings is 1. The number of fused-ring (bicyclic) bond motifs is 1. The minimum absolute atomic E-state index is 0.0561. The summed E-state index contributed by atoms with van der Waals surface area (Å²) in [5.74, 6) is 1.70. The molecule has 5 aromatic rings. The third-order valence-electron chi connectivity index (χ3n) is 5.20. The molecule has 33 heavy (non-hydrogen) atoms. The Bertz CT molecular complexity index is 1370. The van der Waals surface area contributed by atoms with Gasteiger partial charge < -0.3 is 10.1 Å². The molecule has 1 amide bonds. The molecule has 1 N–H and O–H groups in total. The third-order valence-corrected chi connectivity index (χ3v) is 5.20. The molecule has 0 atom stereocenters. The van der Waals surface area contributed by atoms with Crippen LogP contribution in [0.2, 0.25) is 0 Å². The third kappa shape index (κ3) is 4.72. The summed E-state index contributed by atoms with van der Waals surface area (Å²) in [4.78, 5) is 16.7. The summed E-state index contributed by atoms with van der Waals surface area (Å²) in [6.45, 7) is 0.444. The molecule has 5 rings (SSSR count). The maximum absolute atomic E-state index is 12.6. The van der Waals surface area contributed by atoms with Crippen molar-refractivity contribution in [1.82, 2.24) is 25.1 Å². The number of aromatic nitrogens is 4. The van der Waals surface area contributed by atoms with E-state index >= 15 is 0 Å². The number of benzene rings is 2. The predicted molar refractivity (Wildman–Crippen MR) is 125 cm³/mol. The second kappa shape index (κ2) is 9.32. The zero-order valence-corrected chi connectivity index (χ0v) is 17.8. The predicted octanol–water partition coefficient (Wildman–Crippen LogP) is 4.47. The minimum Gasteiger partial charge on any atom is -0.438 e. The van der Waals surface area contributed by atoms with Gasteiger partial charge in [-0.05, 0) is 41.5 Å². The van der Waals surface area contributed by atoms with Crippen LogP contribution in [0.15, 0.2) is 97.5 Å². The Morgan fingerprint density at radius 1 is 0.909 bits per heavy atom. The number of nitrogens with zero attached hydrogens (tertiary/aromatic N) is 4. The second-order valence-electron chi connectivity index (χ2n) is 7.50. The monoisotopic (exact) mass is 435 g/mol. The molecule has 0 spiro atoms. The molecule has 0 aliphatic rings. The molecular formula is C26H21N5O2. The standard InChI is InChI=1S/C26H21N5O2/c32-25(28-17-19-7-6-14-27-16-19)15-20-18-31(23-11-5-4-10-22(20)23)24-12-13-26(30-29-24)33-21-8-2-1-3-9-21/h1-14,16,18H,15,17H2,(H,28,32). The van der Waals surface area contributed by atoms with Crippen LogP contribution in [-0.4, -0.2) is 25.7 Å². The van der Waals surface area contributed by atoms with Crippen LogP contribution < -0.4 is 10.1 Å². The lowest BCUT2D eigenvalue weighted by Gasteiger charge is -2.06. The highest BCUT2D eigenvalue weighted by Crippen LogP contribution is 2.25. The molecule has 162 valence electrons. The molecule has 7 heteroatoms. The Morgan fingerprint density at radius 2 is 1.76 bits per heavy atom. The Morgan fingerprint density at radius 3 is 2.55 bits per heavy atom. The first kappa shape index (κ1) is 20.4. The number of para-hydroxylation sites is 2. The van der Waals surface area contributed by atoms with Gasteiger partial charge in [-0.15, -0.1) is 10.2 Å². The summed E-state index contributed by atoms with van der Waals surface area (Å²) in [6, 6.07) is 24.8. The van der Waals surface area contributed by atoms with Gasteiger partial charge in [0.05, 0.1) is 11.9 Å². The maximum atomic E-state index is 12.6. The normalized spacial score (nSPS) is 10.8. The van der Waals surface area contributed by atoms with Gasteiger partial charge in [-0.25, -0.2) is 0 Å². The molecule has 0 aliphatic heterocycles. The van der Waals surface area contributed by atoms with E-state index in [0.29, 0.717) is 24.0 Å². The summed E-state index contributed by atoms with van der Waals surface area (Å²) in [6.07, 6.45) is 5.66. The number of carbonyl (C=O) groups excluding carboxylic acids is 1. The van der Waals surface area contributed by atoms with E-state index in [2.05, 4.69) is 20.5 Å². The number of ether oxygens (including phenoxy) is 1. The lowest BCUT2D eigenvalue weighted by molar-refractivity contribution is -0.120. The van der Waals surface area contributed by atoms with Gasteiger partial charge >= 0.3 is 0 Å². The Labute approximate surface area is 190 Å². The van der Waals surface area contributed by atoms with Crippen molar-refractivity contribution in [2.75, 3.05) is 0 Å². The molecule has 0 fully saturated rings. The van der Waals surface area contributed by atoms with E-state index in [9.17, 15) is 4.79 Å². The summed E-state index contributed by atoms with van der Waals surface area (Å²) in [5, 5.41) is 12.5. The van der Waals surface area contributed by atoms with Crippen molar-refractivity contribution in [3.05, 3.63) is 109 Å². The molecule has 7 nitrogen and oxygen atoms in total. The summed E-state index contributed by atoms with van der Waals surface area (Å²) >= 11 is 0. The van der Waals surface area contributed by atoms with Gasteiger partial charge in [0.1, 0.15) is 5.75 Å². The highest BCUT2D eigenvalue weighted by atomic mass is 16.5. The van der Waals surface area contributed by atoms with Crippen LogP contribution >= 0.6 is 0 Å². The van der Waals surface area contributed by atoms with Crippen molar-refractivity contribution in [2.45, 2.75) is 13.0 Å². The van der Waals surface area contributed by atoms with E-state index in [1.165, 1.54) is 0 Å². The smallest absolute Gasteiger partial charge is 0.238 e. The van der Waals surface area contributed by atoms with Crippen LogP contribution in [0.1, 0.15) is 11.1 Å². The van der Waals surface area contributed by atoms with Gasteiger partial charge in [-0.2, -0.15) is 0 Å². The van der Waals surface area contributed by atoms with E-state index in [4.69, 9.17) is 4.74 Å². The highest BCUT2D eigenvalue weighted by Gasteiger charge is 2.14. The second-order valence-corrected chi connectivity index (χ2v) is 7.50. The van der Waals surface area contributed by atoms with E-state index in [1.54, 1.807) is 18.5 Å². The maximum Gasteiger partial charge on any atom is 0.238 e. The van der Waals surface area contributed by atoms with Crippen LogP contribution in [0.5, 0.6) is 11.6 Å². The lowest BCUT2D eigenvalue weighted by atomic mass is 10.1. The molecule has 0 radical (unpaired) electrons. The van der Waals surface area contributed by atoms with Crippen LogP contribution in [0.25, 0.3) is 16.7 Å². The summed E-state index contributed by atoms with van der Waals surface area (Å²) < 4.78 is 7.68. The lowest BCUT2D eigenvalue weighted by Crippen LogP contribution is -2.24. The molecule has 0 bridgehead atoms. The highest BCUT2D eigenvalue weighted by molar-refractivity contribution is 5.90. The van der Waals surface area contributed by atoms with Crippen LogP contribution in [0.4, 0.5) is 0 Å². The van der Waals surface area contributed by atoms with Crippen molar-refractivity contribution in [3.8, 4) is 17.4 Å². The first-order valence-electron chi connectivity index (χ1n) is 10.6. The molecule has 3 aromatic heterocycles. The van der Waals surface area contributed by atoms with Gasteiger partial charge in [0.2, 0.25) is 11.8 Å². The van der Waals surface area contributed by atoms with Crippen molar-refractivity contribution < 1.29 is 9.53 Å². The molecular weight excluding hydrogens is 414 g/mol. The minimum atomic E-state index is -0.0561. The fourth-order valence-corrected chi connectivity index (χ4v) is 3.62. The van der Waals surface area contributed by atoms with Gasteiger partial charge in [0, 0.05) is 36.6 Å². The molecule has 3 heterocycles. The van der Waals surface area contributed by atoms with Gasteiger partial charge in [0.25, 0.3) is 0 Å². The molecule has 2 aromatic carbocycles. The van der Waals surface area contributed by atoms with E-state index in [-0.39, 0.29) is 12.3 Å². The van der Waals surface area contributed by atoms with Crippen molar-refractivity contribution >= 4 is 16.8 Å². The fourth-order valence-electron chi connectivity index (χ4n) is 3.62. The van der Waals surface area contributed by atoms with Crippen LogP contribution in [0, 0.1) is 0 Å². The fraction of sp³-hybridized carbons (Fsp3) is 0.0769. The van der Waals surface area contributed by atoms with Gasteiger partial charge in [-0.1, -0.05) is 42.5 Å². The molecule has 0 saturated carbocycles. The van der Waals surface area contributed by atoms with Gasteiger partial charge in [-0.3, -0.25) is 14.3 Å². The Balaban J connectivity index is 1.35. The Kier molecular flexibility index (Phi) is 5.75. The number of amides is 1. The first-order chi connectivity index (χ1) is 16.3. The van der Waals surface area contributed by atoms with E-state index in [1.807, 2.05) is 83.6 Å². The molecule has 0 unspecified atom stereocenters. The van der Waals surface area contributed by atoms with Crippen molar-refractivity contribution in [3.63, 3.8) is 0 Å². The number of hydrogen-bond acceptors (Lipinski definition) is 5. The largest absolute Gasteiger partial charge is 0.438 e. The number of nitrogens with one attached hydrogen (secondary N) is 1. The zero-order valence-electron chi connectivity index (χ0n) is 17.8. The van der Waals surface area contributed by atoms with E-state index in [0.717, 1.165) is 22.0 Å². The van der Waals surface area contributed by atoms with Gasteiger partial charge in [0.15, 0.2) is 5.82 Å². The number of rotatable bonds is 7. The van der Waals surface area contributed by atoms with Crippen LogP contribution in [0.3, 0.4) is 0 Å². The zero-order chi connectivity index (χ0) is 22.5. The summed E-state index contributed by atoms with van der Waals surface area (Å²) in [5.41, 5.74) is 2.83. The van der Waals surface area contributed by atoms with Crippen LogP contribution in [-0.2, 0) is 17.8 Å². The summed E-state index contributed by atoms with van der Waals surface area (Å²) in [7, 11) is 0. The molecule has 0 saturated heterocycles. The van der Waals surface area contributed by atoms with E-state index < -0.39 is 0 Å². The quantitative estimate of drug-likeness (QED) is 0.408. The van der Waals surface area contributed by atoms with Crippen molar-refractivity contribution in [2.24, 2.45) is 0 Å². The Hall–Kier alpha value is -4.52. The average Bonchev–Trinajstić information content (AvgIpc) is 3.23. The first-order valence-corrected chi connectivity index (χ1v) is 10.6. The number of carbonyl (C=O) groups is 1. The SMILES string of the molecule is O=C(Cc1cn(-c2ccc(Oc3ccccc3)nn2)c2ccccc12)NCc1cccnc1.